The number of ether oxygens (including phenoxy) is 1. The maximum atomic E-state index is 8.04. The highest BCUT2D eigenvalue weighted by molar-refractivity contribution is 5.83. The van der Waals surface area contributed by atoms with Crippen LogP contribution in [0.5, 0.6) is 5.75 Å². The Morgan fingerprint density at radius 2 is 2.15 bits per heavy atom. The van der Waals surface area contributed by atoms with Crippen LogP contribution in [0.3, 0.4) is 0 Å². The van der Waals surface area contributed by atoms with Crippen molar-refractivity contribution in [3.8, 4) is 5.75 Å². The summed E-state index contributed by atoms with van der Waals surface area (Å²) >= 11 is 0. The Hall–Kier alpha value is -1.35. The molecule has 2 aliphatic rings. The van der Waals surface area contributed by atoms with Gasteiger partial charge in [-0.1, -0.05) is 12.1 Å². The normalized spacial score (nSPS) is 30.4. The summed E-state index contributed by atoms with van der Waals surface area (Å²) < 4.78 is 5.39. The molecule has 1 aromatic rings. The summed E-state index contributed by atoms with van der Waals surface area (Å²) in [6.07, 6.45) is 4.22. The van der Waals surface area contributed by atoms with Gasteiger partial charge in [0.1, 0.15) is 5.75 Å². The number of likely N-dealkylation sites (tertiary alicyclic amines) is 1. The van der Waals surface area contributed by atoms with E-state index in [2.05, 4.69) is 37.1 Å². The lowest BCUT2D eigenvalue weighted by molar-refractivity contribution is 0.226. The first kappa shape index (κ1) is 13.6. The first-order valence-electron chi connectivity index (χ1n) is 7.48. The van der Waals surface area contributed by atoms with Crippen molar-refractivity contribution in [2.75, 3.05) is 20.7 Å². The molecule has 0 aromatic heterocycles. The van der Waals surface area contributed by atoms with E-state index in [1.165, 1.54) is 17.5 Å². The number of nitrogens with zero attached hydrogens (tertiary/aromatic N) is 1. The molecule has 0 unspecified atom stereocenters. The van der Waals surface area contributed by atoms with Gasteiger partial charge in [0.2, 0.25) is 0 Å². The maximum absolute atomic E-state index is 8.04. The van der Waals surface area contributed by atoms with E-state index in [1.807, 2.05) is 0 Å². The number of hydrogen-bond acceptors (Lipinski definition) is 3. The fraction of sp³-hybridized carbons (Fsp3) is 0.588. The van der Waals surface area contributed by atoms with Gasteiger partial charge in [-0.3, -0.25) is 0 Å². The zero-order chi connectivity index (χ0) is 14.3. The van der Waals surface area contributed by atoms with Gasteiger partial charge in [-0.25, -0.2) is 0 Å². The zero-order valence-electron chi connectivity index (χ0n) is 12.7. The monoisotopic (exact) mass is 272 g/mol. The summed E-state index contributed by atoms with van der Waals surface area (Å²) in [4.78, 5) is 2.45. The Bertz CT molecular complexity index is 540. The molecule has 3 heteroatoms. The van der Waals surface area contributed by atoms with E-state index in [0.29, 0.717) is 6.04 Å². The quantitative estimate of drug-likeness (QED) is 0.898. The van der Waals surface area contributed by atoms with Crippen molar-refractivity contribution in [2.24, 2.45) is 0 Å². The summed E-state index contributed by atoms with van der Waals surface area (Å²) in [5, 5.41) is 8.04. The molecule has 0 bridgehead atoms. The number of fused-ring (bicyclic) bond motifs is 1. The minimum absolute atomic E-state index is 0.246. The molecule has 1 saturated carbocycles. The maximum Gasteiger partial charge on any atom is 0.121 e. The lowest BCUT2D eigenvalue weighted by atomic mass is 9.65. The molecule has 3 rings (SSSR count). The van der Waals surface area contributed by atoms with Crippen LogP contribution in [-0.2, 0) is 5.41 Å². The van der Waals surface area contributed by atoms with E-state index < -0.39 is 0 Å². The van der Waals surface area contributed by atoms with E-state index in [1.54, 1.807) is 7.11 Å². The molecule has 0 amide bonds. The van der Waals surface area contributed by atoms with Crippen molar-refractivity contribution in [3.05, 3.63) is 29.3 Å². The van der Waals surface area contributed by atoms with E-state index in [9.17, 15) is 0 Å². The third-order valence-electron chi connectivity index (χ3n) is 5.36. The first-order valence-corrected chi connectivity index (χ1v) is 7.48. The lowest BCUT2D eigenvalue weighted by Gasteiger charge is -2.42. The van der Waals surface area contributed by atoms with Crippen molar-refractivity contribution in [1.29, 1.82) is 5.41 Å². The first-order chi connectivity index (χ1) is 9.56. The second kappa shape index (κ2) is 4.88. The summed E-state index contributed by atoms with van der Waals surface area (Å²) in [7, 11) is 3.94. The van der Waals surface area contributed by atoms with Gasteiger partial charge in [-0.15, -0.1) is 0 Å². The molecular weight excluding hydrogens is 248 g/mol. The molecular formula is C17H24N2O. The Kier molecular flexibility index (Phi) is 3.33. The van der Waals surface area contributed by atoms with Crippen LogP contribution in [0.25, 0.3) is 0 Å². The number of likely N-dealkylation sites (N-methyl/N-ethyl adjacent to an activating group) is 1. The topological polar surface area (TPSA) is 36.3 Å². The molecule has 1 aliphatic heterocycles. The van der Waals surface area contributed by atoms with Crippen LogP contribution in [0.15, 0.2) is 18.2 Å². The van der Waals surface area contributed by atoms with Crippen LogP contribution in [0.4, 0.5) is 0 Å². The largest absolute Gasteiger partial charge is 0.496 e. The zero-order valence-corrected chi connectivity index (χ0v) is 12.7. The van der Waals surface area contributed by atoms with E-state index in [4.69, 9.17) is 10.1 Å². The number of nitrogens with one attached hydrogen (secondary N) is 1. The van der Waals surface area contributed by atoms with Gasteiger partial charge in [0, 0.05) is 23.6 Å². The lowest BCUT2D eigenvalue weighted by Crippen LogP contribution is -2.46. The number of hydrogen-bond donors (Lipinski definition) is 1. The summed E-state index contributed by atoms with van der Waals surface area (Å²) in [5.41, 5.74) is 3.83. The molecule has 108 valence electrons. The molecule has 20 heavy (non-hydrogen) atoms. The SMILES string of the molecule is COc1ccc([C@@]23CCC(=N)C[C@@H]2N(C)CC3)cc1C. The van der Waals surface area contributed by atoms with E-state index in [-0.39, 0.29) is 5.41 Å². The molecule has 1 aromatic carbocycles. The summed E-state index contributed by atoms with van der Waals surface area (Å²) in [5.74, 6) is 0.969. The molecule has 2 fully saturated rings. The molecule has 1 heterocycles. The average molecular weight is 272 g/mol. The fourth-order valence-electron chi connectivity index (χ4n) is 4.14. The number of benzene rings is 1. The second-order valence-corrected chi connectivity index (χ2v) is 6.39. The van der Waals surface area contributed by atoms with Crippen LogP contribution in [0, 0.1) is 12.3 Å². The van der Waals surface area contributed by atoms with Crippen molar-refractivity contribution in [2.45, 2.75) is 44.1 Å². The minimum Gasteiger partial charge on any atom is -0.496 e. The highest BCUT2D eigenvalue weighted by atomic mass is 16.5. The van der Waals surface area contributed by atoms with E-state index in [0.717, 1.165) is 37.3 Å². The molecule has 1 N–H and O–H groups in total. The predicted octanol–water partition coefficient (Wildman–Crippen LogP) is 3.15. The smallest absolute Gasteiger partial charge is 0.121 e. The van der Waals surface area contributed by atoms with Gasteiger partial charge < -0.3 is 15.0 Å². The van der Waals surface area contributed by atoms with Crippen molar-refractivity contribution in [1.82, 2.24) is 4.90 Å². The Morgan fingerprint density at radius 3 is 2.85 bits per heavy atom. The predicted molar refractivity (Wildman–Crippen MR) is 82.0 cm³/mol. The van der Waals surface area contributed by atoms with Gasteiger partial charge in [0.05, 0.1) is 7.11 Å². The molecule has 0 spiro atoms. The standard InChI is InChI=1S/C17H24N2O/c1-12-10-13(4-5-15(12)20-3)17-7-6-14(18)11-16(17)19(2)9-8-17/h4-5,10,16,18H,6-9,11H2,1-3H3/t16-,17-/m0/s1. The van der Waals surface area contributed by atoms with Gasteiger partial charge in [-0.05, 0) is 57.0 Å². The van der Waals surface area contributed by atoms with Crippen molar-refractivity contribution < 1.29 is 4.74 Å². The summed E-state index contributed by atoms with van der Waals surface area (Å²) in [6, 6.07) is 7.15. The minimum atomic E-state index is 0.246. The number of rotatable bonds is 2. The van der Waals surface area contributed by atoms with Crippen LogP contribution in [-0.4, -0.2) is 37.4 Å². The van der Waals surface area contributed by atoms with Crippen LogP contribution >= 0.6 is 0 Å². The number of methoxy groups -OCH3 is 1. The number of aryl methyl sites for hydroxylation is 1. The third-order valence-corrected chi connectivity index (χ3v) is 5.36. The molecule has 1 saturated heterocycles. The van der Waals surface area contributed by atoms with Gasteiger partial charge in [0.15, 0.2) is 0 Å². The molecule has 2 atom stereocenters. The highest BCUT2D eigenvalue weighted by Gasteiger charge is 2.49. The Balaban J connectivity index is 2.02. The molecule has 0 radical (unpaired) electrons. The second-order valence-electron chi connectivity index (χ2n) is 6.39. The Labute approximate surface area is 121 Å². The van der Waals surface area contributed by atoms with Gasteiger partial charge >= 0.3 is 0 Å². The molecule has 1 aliphatic carbocycles. The van der Waals surface area contributed by atoms with Crippen LogP contribution in [0.2, 0.25) is 0 Å². The van der Waals surface area contributed by atoms with Crippen LogP contribution in [0.1, 0.15) is 36.8 Å². The van der Waals surface area contributed by atoms with Gasteiger partial charge in [0.25, 0.3) is 0 Å². The van der Waals surface area contributed by atoms with Gasteiger partial charge in [-0.2, -0.15) is 0 Å². The highest BCUT2D eigenvalue weighted by Crippen LogP contribution is 2.48. The van der Waals surface area contributed by atoms with E-state index >= 15 is 0 Å². The summed E-state index contributed by atoms with van der Waals surface area (Å²) in [6.45, 7) is 3.26. The van der Waals surface area contributed by atoms with Crippen molar-refractivity contribution in [3.63, 3.8) is 0 Å². The van der Waals surface area contributed by atoms with Crippen LogP contribution < -0.4 is 4.74 Å². The van der Waals surface area contributed by atoms with Crippen molar-refractivity contribution >= 4 is 5.71 Å². The fourth-order valence-corrected chi connectivity index (χ4v) is 4.14. The third kappa shape index (κ3) is 1.96. The average Bonchev–Trinajstić information content (AvgIpc) is 2.77. The Morgan fingerprint density at radius 1 is 1.35 bits per heavy atom. The molecule has 3 nitrogen and oxygen atoms in total.